The minimum absolute atomic E-state index is 0.164. The van der Waals surface area contributed by atoms with Crippen molar-refractivity contribution in [3.63, 3.8) is 0 Å². The zero-order chi connectivity index (χ0) is 13.0. The molecule has 2 aromatic rings. The molecule has 96 valence electrons. The second kappa shape index (κ2) is 5.69. The van der Waals surface area contributed by atoms with E-state index in [4.69, 9.17) is 9.52 Å². The van der Waals surface area contributed by atoms with Gasteiger partial charge in [-0.15, -0.1) is 0 Å². The highest BCUT2D eigenvalue weighted by Gasteiger charge is 2.09. The smallest absolute Gasteiger partial charge is 0.125 e. The molecule has 0 saturated heterocycles. The normalized spacial score (nSPS) is 10.6. The summed E-state index contributed by atoms with van der Waals surface area (Å²) in [7, 11) is 0. The van der Waals surface area contributed by atoms with Gasteiger partial charge >= 0.3 is 0 Å². The molecule has 1 aromatic heterocycles. The van der Waals surface area contributed by atoms with Crippen molar-refractivity contribution in [2.45, 2.75) is 20.1 Å². The highest BCUT2D eigenvalue weighted by Crippen LogP contribution is 2.21. The van der Waals surface area contributed by atoms with Crippen LogP contribution in [-0.2, 0) is 13.2 Å². The van der Waals surface area contributed by atoms with Crippen LogP contribution in [0.1, 0.15) is 18.2 Å². The summed E-state index contributed by atoms with van der Waals surface area (Å²) in [6.07, 6.45) is 1.62. The quantitative estimate of drug-likeness (QED) is 0.885. The van der Waals surface area contributed by atoms with Crippen LogP contribution in [0.3, 0.4) is 0 Å². The molecule has 0 aliphatic heterocycles. The lowest BCUT2D eigenvalue weighted by atomic mass is 10.2. The van der Waals surface area contributed by atoms with Crippen LogP contribution in [0.4, 0.5) is 10.1 Å². The van der Waals surface area contributed by atoms with Crippen LogP contribution in [-0.4, -0.2) is 11.7 Å². The average molecular weight is 249 g/mol. The molecule has 0 bridgehead atoms. The number of nitrogens with zero attached hydrogens (tertiary/aromatic N) is 1. The van der Waals surface area contributed by atoms with Gasteiger partial charge in [-0.1, -0.05) is 0 Å². The summed E-state index contributed by atoms with van der Waals surface area (Å²) in [4.78, 5) is 1.99. The number of anilines is 1. The maximum absolute atomic E-state index is 13.4. The van der Waals surface area contributed by atoms with Crippen LogP contribution in [0.25, 0.3) is 0 Å². The van der Waals surface area contributed by atoms with E-state index < -0.39 is 0 Å². The Labute approximate surface area is 105 Å². The Bertz CT molecular complexity index is 497. The minimum atomic E-state index is -0.338. The Kier molecular flexibility index (Phi) is 3.99. The van der Waals surface area contributed by atoms with Gasteiger partial charge in [0.25, 0.3) is 0 Å². The van der Waals surface area contributed by atoms with Crippen molar-refractivity contribution in [3.8, 4) is 0 Å². The van der Waals surface area contributed by atoms with Gasteiger partial charge in [0.15, 0.2) is 0 Å². The third kappa shape index (κ3) is 2.90. The van der Waals surface area contributed by atoms with Crippen molar-refractivity contribution in [1.82, 2.24) is 0 Å². The maximum Gasteiger partial charge on any atom is 0.125 e. The Balaban J connectivity index is 2.24. The molecular formula is C14H16FNO2. The van der Waals surface area contributed by atoms with Gasteiger partial charge in [-0.05, 0) is 42.8 Å². The van der Waals surface area contributed by atoms with E-state index in [9.17, 15) is 4.39 Å². The SMILES string of the molecule is CCN(Cc1ccco1)c1cc(F)cc(CO)c1. The maximum atomic E-state index is 13.4. The Morgan fingerprint density at radius 3 is 2.78 bits per heavy atom. The first-order chi connectivity index (χ1) is 8.72. The van der Waals surface area contributed by atoms with E-state index >= 15 is 0 Å². The van der Waals surface area contributed by atoms with Gasteiger partial charge in [0.1, 0.15) is 11.6 Å². The van der Waals surface area contributed by atoms with E-state index in [-0.39, 0.29) is 12.4 Å². The van der Waals surface area contributed by atoms with Crippen molar-refractivity contribution in [1.29, 1.82) is 0 Å². The predicted octanol–water partition coefficient (Wildman–Crippen LogP) is 2.94. The van der Waals surface area contributed by atoms with Crippen molar-refractivity contribution in [2.75, 3.05) is 11.4 Å². The molecule has 18 heavy (non-hydrogen) atoms. The minimum Gasteiger partial charge on any atom is -0.467 e. The zero-order valence-corrected chi connectivity index (χ0v) is 10.3. The summed E-state index contributed by atoms with van der Waals surface area (Å²) >= 11 is 0. The van der Waals surface area contributed by atoms with Gasteiger partial charge in [-0.3, -0.25) is 0 Å². The van der Waals surface area contributed by atoms with Crippen LogP contribution >= 0.6 is 0 Å². The van der Waals surface area contributed by atoms with Crippen LogP contribution in [0.5, 0.6) is 0 Å². The van der Waals surface area contributed by atoms with Gasteiger partial charge in [0, 0.05) is 12.2 Å². The molecule has 0 radical (unpaired) electrons. The third-order valence-electron chi connectivity index (χ3n) is 2.80. The van der Waals surface area contributed by atoms with Crippen LogP contribution in [0.15, 0.2) is 41.0 Å². The van der Waals surface area contributed by atoms with E-state index in [1.54, 1.807) is 12.3 Å². The Hall–Kier alpha value is -1.81. The van der Waals surface area contributed by atoms with Crippen LogP contribution in [0, 0.1) is 5.82 Å². The zero-order valence-electron chi connectivity index (χ0n) is 10.3. The van der Waals surface area contributed by atoms with E-state index in [1.807, 2.05) is 24.0 Å². The van der Waals surface area contributed by atoms with E-state index in [1.165, 1.54) is 12.1 Å². The topological polar surface area (TPSA) is 36.6 Å². The fraction of sp³-hybridized carbons (Fsp3) is 0.286. The predicted molar refractivity (Wildman–Crippen MR) is 67.8 cm³/mol. The highest BCUT2D eigenvalue weighted by atomic mass is 19.1. The second-order valence-corrected chi connectivity index (χ2v) is 4.07. The number of aliphatic hydroxyl groups is 1. The lowest BCUT2D eigenvalue weighted by molar-refractivity contribution is 0.281. The van der Waals surface area contributed by atoms with E-state index in [0.29, 0.717) is 12.1 Å². The summed E-state index contributed by atoms with van der Waals surface area (Å²) in [5, 5.41) is 9.09. The molecule has 0 amide bonds. The fourth-order valence-electron chi connectivity index (χ4n) is 1.88. The first-order valence-corrected chi connectivity index (χ1v) is 5.90. The molecule has 1 aromatic carbocycles. The van der Waals surface area contributed by atoms with Crippen molar-refractivity contribution in [2.24, 2.45) is 0 Å². The summed E-state index contributed by atoms with van der Waals surface area (Å²) in [6, 6.07) is 8.30. The second-order valence-electron chi connectivity index (χ2n) is 4.07. The third-order valence-corrected chi connectivity index (χ3v) is 2.80. The molecule has 0 aliphatic carbocycles. The number of hydrogen-bond acceptors (Lipinski definition) is 3. The average Bonchev–Trinajstić information content (AvgIpc) is 2.88. The Morgan fingerprint density at radius 1 is 1.33 bits per heavy atom. The first kappa shape index (κ1) is 12.6. The molecule has 3 nitrogen and oxygen atoms in total. The molecule has 1 N–H and O–H groups in total. The monoisotopic (exact) mass is 249 g/mol. The largest absolute Gasteiger partial charge is 0.467 e. The van der Waals surface area contributed by atoms with E-state index in [2.05, 4.69) is 0 Å². The van der Waals surface area contributed by atoms with Crippen molar-refractivity contribution in [3.05, 3.63) is 53.7 Å². The highest BCUT2D eigenvalue weighted by molar-refractivity contribution is 5.49. The summed E-state index contributed by atoms with van der Waals surface area (Å²) in [5.74, 6) is 0.487. The number of rotatable bonds is 5. The molecule has 0 fully saturated rings. The molecule has 0 atom stereocenters. The lowest BCUT2D eigenvalue weighted by Crippen LogP contribution is -2.22. The van der Waals surface area contributed by atoms with Crippen molar-refractivity contribution >= 4 is 5.69 Å². The number of furan rings is 1. The van der Waals surface area contributed by atoms with Gasteiger partial charge in [-0.2, -0.15) is 0 Å². The Morgan fingerprint density at radius 2 is 2.17 bits per heavy atom. The van der Waals surface area contributed by atoms with Gasteiger partial charge in [-0.25, -0.2) is 4.39 Å². The molecule has 0 saturated carbocycles. The molecular weight excluding hydrogens is 233 g/mol. The fourth-order valence-corrected chi connectivity index (χ4v) is 1.88. The van der Waals surface area contributed by atoms with Gasteiger partial charge < -0.3 is 14.4 Å². The summed E-state index contributed by atoms with van der Waals surface area (Å²) in [6.45, 7) is 3.14. The molecule has 1 heterocycles. The molecule has 4 heteroatoms. The van der Waals surface area contributed by atoms with Gasteiger partial charge in [0.05, 0.1) is 19.4 Å². The lowest BCUT2D eigenvalue weighted by Gasteiger charge is -2.22. The molecule has 2 rings (SSSR count). The number of aliphatic hydroxyl groups excluding tert-OH is 1. The van der Waals surface area contributed by atoms with Gasteiger partial charge in [0.2, 0.25) is 0 Å². The summed E-state index contributed by atoms with van der Waals surface area (Å²) in [5.41, 5.74) is 1.32. The molecule has 0 unspecified atom stereocenters. The standard InChI is InChI=1S/C14H16FNO2/c1-2-16(9-14-4-3-5-18-14)13-7-11(10-17)6-12(15)8-13/h3-8,17H,2,9-10H2,1H3. The summed E-state index contributed by atoms with van der Waals surface area (Å²) < 4.78 is 18.7. The molecule has 0 spiro atoms. The van der Waals surface area contributed by atoms with E-state index in [0.717, 1.165) is 18.0 Å². The number of halogens is 1. The number of benzene rings is 1. The molecule has 0 aliphatic rings. The van der Waals surface area contributed by atoms with Crippen molar-refractivity contribution < 1.29 is 13.9 Å². The first-order valence-electron chi connectivity index (χ1n) is 5.90. The van der Waals surface area contributed by atoms with Crippen LogP contribution in [0.2, 0.25) is 0 Å². The van der Waals surface area contributed by atoms with Crippen LogP contribution < -0.4 is 4.90 Å². The number of hydrogen-bond donors (Lipinski definition) is 1.